The summed E-state index contributed by atoms with van der Waals surface area (Å²) in [6, 6.07) is 8.20. The quantitative estimate of drug-likeness (QED) is 0.543. The first-order chi connectivity index (χ1) is 5.25. The molecule has 2 rings (SSSR count). The van der Waals surface area contributed by atoms with Crippen molar-refractivity contribution >= 4 is 46.1 Å². The van der Waals surface area contributed by atoms with E-state index in [2.05, 4.69) is 52.3 Å². The molecule has 0 spiro atoms. The summed E-state index contributed by atoms with van der Waals surface area (Å²) >= 11 is 6.51. The van der Waals surface area contributed by atoms with E-state index >= 15 is 0 Å². The van der Waals surface area contributed by atoms with Gasteiger partial charge in [0.25, 0.3) is 0 Å². The van der Waals surface area contributed by atoms with Gasteiger partial charge in [-0.2, -0.15) is 0 Å². The van der Waals surface area contributed by atoms with Gasteiger partial charge in [0.05, 0.1) is 3.70 Å². The number of thiol groups is 1. The zero-order valence-corrected chi connectivity index (χ0v) is 8.69. The Balaban J connectivity index is 2.82. The number of benzene rings is 1. The lowest BCUT2D eigenvalue weighted by atomic mass is 10.2. The topological polar surface area (TPSA) is 15.8 Å². The maximum Gasteiger partial charge on any atom is 0.0782 e. The molecular weight excluding hydrogens is 269 g/mol. The third kappa shape index (κ3) is 1.39. The van der Waals surface area contributed by atoms with Crippen LogP contribution in [-0.4, -0.2) is 4.98 Å². The van der Waals surface area contributed by atoms with E-state index < -0.39 is 0 Å². The normalized spacial score (nSPS) is 10.7. The molecule has 0 bridgehead atoms. The number of hydrogen-bond acceptors (Lipinski definition) is 1. The molecule has 0 aliphatic carbocycles. The van der Waals surface area contributed by atoms with Crippen molar-refractivity contribution in [3.8, 4) is 0 Å². The molecule has 0 saturated carbocycles. The number of aromatic nitrogens is 1. The molecule has 0 saturated heterocycles. The van der Waals surface area contributed by atoms with Crippen molar-refractivity contribution < 1.29 is 0 Å². The van der Waals surface area contributed by atoms with Gasteiger partial charge in [-0.15, -0.1) is 12.6 Å². The van der Waals surface area contributed by atoms with Crippen LogP contribution in [0.15, 0.2) is 29.2 Å². The van der Waals surface area contributed by atoms with Gasteiger partial charge in [0.15, 0.2) is 0 Å². The van der Waals surface area contributed by atoms with Crippen molar-refractivity contribution in [1.82, 2.24) is 4.98 Å². The second-order valence-corrected chi connectivity index (χ2v) is 4.07. The molecular formula is C8H6INS. The van der Waals surface area contributed by atoms with Crippen LogP contribution in [0, 0.1) is 3.70 Å². The Kier molecular flexibility index (Phi) is 1.85. The molecule has 1 aromatic carbocycles. The van der Waals surface area contributed by atoms with E-state index in [-0.39, 0.29) is 0 Å². The van der Waals surface area contributed by atoms with Crippen molar-refractivity contribution in [3.63, 3.8) is 0 Å². The smallest absolute Gasteiger partial charge is 0.0782 e. The van der Waals surface area contributed by atoms with Gasteiger partial charge in [-0.05, 0) is 40.8 Å². The van der Waals surface area contributed by atoms with Crippen LogP contribution in [0.2, 0.25) is 0 Å². The Morgan fingerprint density at radius 2 is 2.09 bits per heavy atom. The molecule has 0 unspecified atom stereocenters. The molecule has 2 aromatic rings. The summed E-state index contributed by atoms with van der Waals surface area (Å²) in [4.78, 5) is 4.23. The Bertz CT molecular complexity index is 394. The van der Waals surface area contributed by atoms with Gasteiger partial charge in [0.1, 0.15) is 0 Å². The fourth-order valence-corrected chi connectivity index (χ4v) is 1.91. The van der Waals surface area contributed by atoms with Crippen LogP contribution in [0.4, 0.5) is 0 Å². The number of rotatable bonds is 0. The van der Waals surface area contributed by atoms with Crippen LogP contribution in [0.3, 0.4) is 0 Å². The highest BCUT2D eigenvalue weighted by atomic mass is 127. The summed E-state index contributed by atoms with van der Waals surface area (Å²) in [5, 5.41) is 1.24. The third-order valence-electron chi connectivity index (χ3n) is 1.57. The predicted octanol–water partition coefficient (Wildman–Crippen LogP) is 3.06. The summed E-state index contributed by atoms with van der Waals surface area (Å²) in [6.45, 7) is 0. The minimum absolute atomic E-state index is 0.996. The van der Waals surface area contributed by atoms with Gasteiger partial charge in [-0.3, -0.25) is 0 Å². The number of halogens is 1. The van der Waals surface area contributed by atoms with E-state index in [1.54, 1.807) is 0 Å². The molecule has 0 amide bonds. The fraction of sp³-hybridized carbons (Fsp3) is 0. The SMILES string of the molecule is Sc1ccc2cc(I)[nH]c2c1. The number of fused-ring (bicyclic) bond motifs is 1. The Morgan fingerprint density at radius 1 is 1.27 bits per heavy atom. The number of hydrogen-bond donors (Lipinski definition) is 2. The van der Waals surface area contributed by atoms with Gasteiger partial charge >= 0.3 is 0 Å². The number of aromatic amines is 1. The molecule has 0 fully saturated rings. The summed E-state index contributed by atoms with van der Waals surface area (Å²) in [5.41, 5.74) is 1.15. The summed E-state index contributed by atoms with van der Waals surface area (Å²) < 4.78 is 1.16. The number of nitrogens with one attached hydrogen (secondary N) is 1. The highest BCUT2D eigenvalue weighted by Gasteiger charge is 1.96. The predicted molar refractivity (Wildman–Crippen MR) is 58.3 cm³/mol. The Labute approximate surface area is 83.7 Å². The van der Waals surface area contributed by atoms with E-state index in [1.165, 1.54) is 5.39 Å². The summed E-state index contributed by atoms with van der Waals surface area (Å²) in [7, 11) is 0. The standard InChI is InChI=1S/C8H6INS/c9-8-3-5-1-2-6(11)4-7(5)10-8/h1-4,10-11H. The van der Waals surface area contributed by atoms with Crippen LogP contribution in [0.5, 0.6) is 0 Å². The van der Waals surface area contributed by atoms with Crippen LogP contribution in [0.1, 0.15) is 0 Å². The highest BCUT2D eigenvalue weighted by molar-refractivity contribution is 14.1. The van der Waals surface area contributed by atoms with Crippen molar-refractivity contribution in [3.05, 3.63) is 28.0 Å². The summed E-state index contributed by atoms with van der Waals surface area (Å²) in [5.74, 6) is 0. The van der Waals surface area contributed by atoms with Gasteiger partial charge in [-0.25, -0.2) is 0 Å². The van der Waals surface area contributed by atoms with E-state index in [4.69, 9.17) is 0 Å². The third-order valence-corrected chi connectivity index (χ3v) is 2.43. The van der Waals surface area contributed by atoms with Crippen LogP contribution >= 0.6 is 35.2 Å². The van der Waals surface area contributed by atoms with Crippen LogP contribution < -0.4 is 0 Å². The molecule has 3 heteroatoms. The zero-order valence-electron chi connectivity index (χ0n) is 5.63. The molecule has 0 aliphatic rings. The first-order valence-corrected chi connectivity index (χ1v) is 4.75. The Hall–Kier alpha value is -0.160. The molecule has 56 valence electrons. The maximum atomic E-state index is 4.25. The first kappa shape index (κ1) is 7.49. The average molecular weight is 275 g/mol. The molecule has 11 heavy (non-hydrogen) atoms. The van der Waals surface area contributed by atoms with Gasteiger partial charge in [0, 0.05) is 15.8 Å². The highest BCUT2D eigenvalue weighted by Crippen LogP contribution is 2.19. The fourth-order valence-electron chi connectivity index (χ4n) is 1.08. The second kappa shape index (κ2) is 2.71. The summed E-state index contributed by atoms with van der Waals surface area (Å²) in [6.07, 6.45) is 0. The zero-order chi connectivity index (χ0) is 7.84. The molecule has 0 aliphatic heterocycles. The lowest BCUT2D eigenvalue weighted by molar-refractivity contribution is 1.39. The molecule has 0 radical (unpaired) electrons. The van der Waals surface area contributed by atoms with Crippen molar-refractivity contribution in [2.75, 3.05) is 0 Å². The maximum absolute atomic E-state index is 4.25. The van der Waals surface area contributed by atoms with E-state index in [1.807, 2.05) is 12.1 Å². The van der Waals surface area contributed by atoms with Crippen LogP contribution in [-0.2, 0) is 0 Å². The lowest BCUT2D eigenvalue weighted by Gasteiger charge is -1.89. The Morgan fingerprint density at radius 3 is 2.91 bits per heavy atom. The van der Waals surface area contributed by atoms with Crippen LogP contribution in [0.25, 0.3) is 10.9 Å². The molecule has 1 nitrogen and oxygen atoms in total. The van der Waals surface area contributed by atoms with Crippen molar-refractivity contribution in [2.24, 2.45) is 0 Å². The molecule has 0 atom stereocenters. The number of H-pyrrole nitrogens is 1. The second-order valence-electron chi connectivity index (χ2n) is 2.39. The first-order valence-electron chi connectivity index (χ1n) is 3.23. The minimum atomic E-state index is 0.996. The largest absolute Gasteiger partial charge is 0.350 e. The average Bonchev–Trinajstić information content (AvgIpc) is 2.27. The molecule has 1 aromatic heterocycles. The van der Waals surface area contributed by atoms with E-state index in [0.29, 0.717) is 0 Å². The van der Waals surface area contributed by atoms with Crippen molar-refractivity contribution in [1.29, 1.82) is 0 Å². The molecule has 1 heterocycles. The lowest BCUT2D eigenvalue weighted by Crippen LogP contribution is -1.68. The van der Waals surface area contributed by atoms with E-state index in [0.717, 1.165) is 14.1 Å². The van der Waals surface area contributed by atoms with Crippen molar-refractivity contribution in [2.45, 2.75) is 4.90 Å². The van der Waals surface area contributed by atoms with Gasteiger partial charge in [0.2, 0.25) is 0 Å². The van der Waals surface area contributed by atoms with Gasteiger partial charge < -0.3 is 4.98 Å². The van der Waals surface area contributed by atoms with E-state index in [9.17, 15) is 0 Å². The minimum Gasteiger partial charge on any atom is -0.350 e. The molecule has 1 N–H and O–H groups in total. The van der Waals surface area contributed by atoms with Gasteiger partial charge in [-0.1, -0.05) is 6.07 Å². The monoisotopic (exact) mass is 275 g/mol.